The normalized spacial score (nSPS) is 9.60. The molecule has 0 heterocycles. The van der Waals surface area contributed by atoms with Gasteiger partial charge in [-0.2, -0.15) is 0 Å². The van der Waals surface area contributed by atoms with Crippen LogP contribution >= 0.6 is 0 Å². The fourth-order valence-electron chi connectivity index (χ4n) is 1.75. The molecule has 0 aliphatic carbocycles. The number of phenols is 1. The van der Waals surface area contributed by atoms with Gasteiger partial charge in [0, 0.05) is 12.0 Å². The zero-order chi connectivity index (χ0) is 14.4. The summed E-state index contributed by atoms with van der Waals surface area (Å²) < 4.78 is 0. The van der Waals surface area contributed by atoms with Crippen molar-refractivity contribution in [3.05, 3.63) is 65.2 Å². The predicted molar refractivity (Wildman–Crippen MR) is 76.5 cm³/mol. The van der Waals surface area contributed by atoms with Crippen LogP contribution in [-0.4, -0.2) is 16.2 Å². The standard InChI is InChI=1S/C17H14O3/c18-16-10-7-14(8-11-17(19)20)12-15(16)9-6-13-4-2-1-3-5-13/h1-5,7,10,12,18H,8,11H2,(H,19,20). The van der Waals surface area contributed by atoms with Gasteiger partial charge in [0.25, 0.3) is 0 Å². The van der Waals surface area contributed by atoms with Crippen molar-refractivity contribution >= 4 is 5.97 Å². The van der Waals surface area contributed by atoms with Crippen molar-refractivity contribution in [2.24, 2.45) is 0 Å². The van der Waals surface area contributed by atoms with Crippen molar-refractivity contribution in [2.75, 3.05) is 0 Å². The zero-order valence-corrected chi connectivity index (χ0v) is 10.8. The monoisotopic (exact) mass is 266 g/mol. The van der Waals surface area contributed by atoms with E-state index in [0.29, 0.717) is 12.0 Å². The van der Waals surface area contributed by atoms with Gasteiger partial charge in [-0.15, -0.1) is 0 Å². The van der Waals surface area contributed by atoms with Gasteiger partial charge < -0.3 is 10.2 Å². The predicted octanol–water partition coefficient (Wildman–Crippen LogP) is 2.81. The van der Waals surface area contributed by atoms with Crippen molar-refractivity contribution in [1.82, 2.24) is 0 Å². The summed E-state index contributed by atoms with van der Waals surface area (Å²) in [5.74, 6) is 5.14. The maximum absolute atomic E-state index is 10.6. The Morgan fingerprint density at radius 3 is 2.50 bits per heavy atom. The zero-order valence-electron chi connectivity index (χ0n) is 10.8. The lowest BCUT2D eigenvalue weighted by Crippen LogP contribution is -1.97. The molecular weight excluding hydrogens is 252 g/mol. The van der Waals surface area contributed by atoms with E-state index in [1.165, 1.54) is 0 Å². The Hall–Kier alpha value is -2.73. The number of aromatic hydroxyl groups is 1. The highest BCUT2D eigenvalue weighted by atomic mass is 16.4. The van der Waals surface area contributed by atoms with Crippen molar-refractivity contribution in [3.63, 3.8) is 0 Å². The van der Waals surface area contributed by atoms with E-state index in [-0.39, 0.29) is 12.2 Å². The van der Waals surface area contributed by atoms with Gasteiger partial charge in [0.1, 0.15) is 5.75 Å². The van der Waals surface area contributed by atoms with Gasteiger partial charge in [0.2, 0.25) is 0 Å². The number of phenolic OH excluding ortho intramolecular Hbond substituents is 1. The molecule has 100 valence electrons. The molecule has 2 aromatic carbocycles. The van der Waals surface area contributed by atoms with Crippen LogP contribution in [0.3, 0.4) is 0 Å². The van der Waals surface area contributed by atoms with Gasteiger partial charge in [0.05, 0.1) is 5.56 Å². The first-order chi connectivity index (χ1) is 9.65. The molecule has 2 rings (SSSR count). The van der Waals surface area contributed by atoms with Crippen LogP contribution < -0.4 is 0 Å². The van der Waals surface area contributed by atoms with E-state index in [2.05, 4.69) is 11.8 Å². The van der Waals surface area contributed by atoms with E-state index in [9.17, 15) is 9.90 Å². The first-order valence-electron chi connectivity index (χ1n) is 6.26. The number of rotatable bonds is 3. The Labute approximate surface area is 117 Å². The van der Waals surface area contributed by atoms with Crippen molar-refractivity contribution < 1.29 is 15.0 Å². The van der Waals surface area contributed by atoms with Gasteiger partial charge in [0.15, 0.2) is 0 Å². The highest BCUT2D eigenvalue weighted by Crippen LogP contribution is 2.18. The lowest BCUT2D eigenvalue weighted by atomic mass is 10.1. The Kier molecular flexibility index (Phi) is 4.41. The second-order valence-electron chi connectivity index (χ2n) is 4.36. The number of carboxylic acids is 1. The molecule has 0 radical (unpaired) electrons. The second kappa shape index (κ2) is 6.44. The van der Waals surface area contributed by atoms with Crippen LogP contribution in [0.15, 0.2) is 48.5 Å². The lowest BCUT2D eigenvalue weighted by molar-refractivity contribution is -0.136. The minimum Gasteiger partial charge on any atom is -0.507 e. The number of carbonyl (C=O) groups is 1. The van der Waals surface area contributed by atoms with Crippen molar-refractivity contribution in [1.29, 1.82) is 0 Å². The molecule has 0 saturated heterocycles. The molecule has 0 spiro atoms. The summed E-state index contributed by atoms with van der Waals surface area (Å²) in [4.78, 5) is 10.6. The van der Waals surface area contributed by atoms with Crippen molar-refractivity contribution in [3.8, 4) is 17.6 Å². The highest BCUT2D eigenvalue weighted by Gasteiger charge is 2.03. The van der Waals surface area contributed by atoms with Gasteiger partial charge in [-0.3, -0.25) is 4.79 Å². The molecule has 0 aliphatic heterocycles. The summed E-state index contributed by atoms with van der Waals surface area (Å²) in [6.07, 6.45) is 0.492. The Morgan fingerprint density at radius 1 is 1.05 bits per heavy atom. The average molecular weight is 266 g/mol. The molecule has 0 aromatic heterocycles. The first kappa shape index (κ1) is 13.7. The molecule has 2 N–H and O–H groups in total. The molecule has 20 heavy (non-hydrogen) atoms. The van der Waals surface area contributed by atoms with Crippen molar-refractivity contribution in [2.45, 2.75) is 12.8 Å². The van der Waals surface area contributed by atoms with Gasteiger partial charge in [-0.05, 0) is 36.2 Å². The summed E-state index contributed by atoms with van der Waals surface area (Å²) in [6, 6.07) is 14.5. The smallest absolute Gasteiger partial charge is 0.303 e. The van der Waals surface area contributed by atoms with Gasteiger partial charge >= 0.3 is 5.97 Å². The minimum absolute atomic E-state index is 0.0658. The number of hydrogen-bond acceptors (Lipinski definition) is 2. The number of aryl methyl sites for hydroxylation is 1. The largest absolute Gasteiger partial charge is 0.507 e. The van der Waals surface area contributed by atoms with Crippen LogP contribution in [0, 0.1) is 11.8 Å². The summed E-state index contributed by atoms with van der Waals surface area (Å²) in [6.45, 7) is 0. The van der Waals surface area contributed by atoms with E-state index in [1.807, 2.05) is 30.3 Å². The van der Waals surface area contributed by atoms with E-state index < -0.39 is 5.97 Å². The molecule has 0 unspecified atom stereocenters. The first-order valence-corrected chi connectivity index (χ1v) is 6.26. The number of hydrogen-bond donors (Lipinski definition) is 2. The Bertz CT molecular complexity index is 664. The molecule has 0 bridgehead atoms. The fraction of sp³-hybridized carbons (Fsp3) is 0.118. The Balaban J connectivity index is 2.21. The minimum atomic E-state index is -0.838. The maximum Gasteiger partial charge on any atom is 0.303 e. The lowest BCUT2D eigenvalue weighted by Gasteiger charge is -2.02. The topological polar surface area (TPSA) is 57.5 Å². The second-order valence-corrected chi connectivity index (χ2v) is 4.36. The van der Waals surface area contributed by atoms with Crippen LogP contribution in [0.2, 0.25) is 0 Å². The van der Waals surface area contributed by atoms with E-state index in [4.69, 9.17) is 5.11 Å². The van der Waals surface area contributed by atoms with Gasteiger partial charge in [-0.25, -0.2) is 0 Å². The third kappa shape index (κ3) is 3.89. The van der Waals surface area contributed by atoms with Crippen LogP contribution in [-0.2, 0) is 11.2 Å². The molecule has 0 amide bonds. The molecule has 3 heteroatoms. The molecule has 2 aromatic rings. The third-order valence-corrected chi connectivity index (χ3v) is 2.80. The van der Waals surface area contributed by atoms with Crippen LogP contribution in [0.5, 0.6) is 5.75 Å². The van der Waals surface area contributed by atoms with Crippen LogP contribution in [0.4, 0.5) is 0 Å². The van der Waals surface area contributed by atoms with E-state index in [0.717, 1.165) is 11.1 Å². The quantitative estimate of drug-likeness (QED) is 0.840. The molecule has 0 aliphatic rings. The summed E-state index contributed by atoms with van der Waals surface area (Å²) >= 11 is 0. The summed E-state index contributed by atoms with van der Waals surface area (Å²) in [5.41, 5.74) is 2.22. The average Bonchev–Trinajstić information content (AvgIpc) is 2.46. The Morgan fingerprint density at radius 2 is 1.80 bits per heavy atom. The maximum atomic E-state index is 10.6. The van der Waals surface area contributed by atoms with Gasteiger partial charge in [-0.1, -0.05) is 36.1 Å². The fourth-order valence-corrected chi connectivity index (χ4v) is 1.75. The highest BCUT2D eigenvalue weighted by molar-refractivity contribution is 5.67. The number of benzene rings is 2. The molecule has 3 nitrogen and oxygen atoms in total. The third-order valence-electron chi connectivity index (χ3n) is 2.80. The number of aliphatic carboxylic acids is 1. The molecule has 0 fully saturated rings. The van der Waals surface area contributed by atoms with Crippen LogP contribution in [0.25, 0.3) is 0 Å². The van der Waals surface area contributed by atoms with E-state index in [1.54, 1.807) is 18.2 Å². The number of carboxylic acid groups (broad SMARTS) is 1. The molecule has 0 saturated carbocycles. The van der Waals surface area contributed by atoms with E-state index >= 15 is 0 Å². The SMILES string of the molecule is O=C(O)CCc1ccc(O)c(C#Cc2ccccc2)c1. The summed E-state index contributed by atoms with van der Waals surface area (Å²) in [7, 11) is 0. The molecule has 0 atom stereocenters. The van der Waals surface area contributed by atoms with Crippen LogP contribution in [0.1, 0.15) is 23.1 Å². The summed E-state index contributed by atoms with van der Waals surface area (Å²) in [5, 5.41) is 18.4. The molecular formula is C17H14O3.